The van der Waals surface area contributed by atoms with Crippen molar-refractivity contribution in [3.8, 4) is 0 Å². The SMILES string of the molecule is CCC(C)(CCC(C)(C)C(=O)OCc1ccccc1[N+](=O)[O-])C(=O)OCCC(C(F)(F)F)C(F)(F)C(F)(F)C(F)(F)C(F)(F)C(F)(F)C(F)F. The molecule has 2 unspecified atom stereocenters. The van der Waals surface area contributed by atoms with Gasteiger partial charge in [-0.1, -0.05) is 19.1 Å². The van der Waals surface area contributed by atoms with Crippen LogP contribution in [-0.4, -0.2) is 65.7 Å². The van der Waals surface area contributed by atoms with Crippen molar-refractivity contribution in [2.24, 2.45) is 16.7 Å². The summed E-state index contributed by atoms with van der Waals surface area (Å²) >= 11 is 0. The van der Waals surface area contributed by atoms with E-state index in [1.165, 1.54) is 39.0 Å². The number of nitro groups is 1. The third-order valence-electron chi connectivity index (χ3n) is 8.05. The highest BCUT2D eigenvalue weighted by Crippen LogP contribution is 2.61. The van der Waals surface area contributed by atoms with Gasteiger partial charge < -0.3 is 9.47 Å². The first-order valence-electron chi connectivity index (χ1n) is 14.1. The number of para-hydroxylation sites is 1. The smallest absolute Gasteiger partial charge is 0.397 e. The topological polar surface area (TPSA) is 95.7 Å². The van der Waals surface area contributed by atoms with Crippen LogP contribution in [0.2, 0.25) is 0 Å². The zero-order chi connectivity index (χ0) is 39.5. The molecular weight excluding hydrogens is 731 g/mol. The maximum Gasteiger partial charge on any atom is 0.397 e. The van der Waals surface area contributed by atoms with Crippen LogP contribution >= 0.6 is 0 Å². The zero-order valence-electron chi connectivity index (χ0n) is 26.3. The Hall–Kier alpha value is -3.49. The lowest BCUT2D eigenvalue weighted by molar-refractivity contribution is -0.427. The van der Waals surface area contributed by atoms with Gasteiger partial charge >= 0.3 is 54.2 Å². The number of benzene rings is 1. The van der Waals surface area contributed by atoms with Crippen LogP contribution in [0.25, 0.3) is 0 Å². The van der Waals surface area contributed by atoms with E-state index < -0.39 is 95.5 Å². The molecule has 0 aliphatic heterocycles. The summed E-state index contributed by atoms with van der Waals surface area (Å²) in [5.74, 6) is -46.5. The van der Waals surface area contributed by atoms with E-state index >= 15 is 0 Å². The van der Waals surface area contributed by atoms with Gasteiger partial charge in [0.1, 0.15) is 12.5 Å². The lowest BCUT2D eigenvalue weighted by Crippen LogP contribution is -2.70. The maximum atomic E-state index is 14.4. The Morgan fingerprint density at radius 3 is 1.72 bits per heavy atom. The van der Waals surface area contributed by atoms with Gasteiger partial charge in [0.15, 0.2) is 0 Å². The van der Waals surface area contributed by atoms with Crippen molar-refractivity contribution in [2.75, 3.05) is 6.61 Å². The summed E-state index contributed by atoms with van der Waals surface area (Å²) in [6, 6.07) is 5.22. The minimum atomic E-state index is -8.19. The van der Waals surface area contributed by atoms with Gasteiger partial charge in [0.25, 0.3) is 5.69 Å². The molecule has 0 heterocycles. The van der Waals surface area contributed by atoms with Crippen LogP contribution in [0.1, 0.15) is 58.9 Å². The number of nitro benzene ring substituents is 1. The molecule has 1 rings (SSSR count). The number of esters is 2. The third-order valence-corrected chi connectivity index (χ3v) is 8.05. The second-order valence-electron chi connectivity index (χ2n) is 12.0. The monoisotopic (exact) mass is 761 g/mol. The molecule has 0 fully saturated rings. The number of halogens is 15. The van der Waals surface area contributed by atoms with Crippen LogP contribution in [-0.2, 0) is 25.7 Å². The van der Waals surface area contributed by atoms with Gasteiger partial charge in [0.2, 0.25) is 0 Å². The average molecular weight is 762 g/mol. The Labute approximate surface area is 273 Å². The average Bonchev–Trinajstić information content (AvgIpc) is 2.99. The molecule has 0 radical (unpaired) electrons. The number of alkyl halides is 15. The van der Waals surface area contributed by atoms with Gasteiger partial charge in [0.05, 0.1) is 27.9 Å². The largest absolute Gasteiger partial charge is 0.465 e. The molecule has 0 aliphatic rings. The molecule has 0 aliphatic carbocycles. The van der Waals surface area contributed by atoms with Crippen LogP contribution in [0.4, 0.5) is 71.5 Å². The number of ether oxygens (including phenoxy) is 2. The number of rotatable bonds is 18. The first-order chi connectivity index (χ1) is 22.3. The molecule has 0 saturated heterocycles. The predicted octanol–water partition coefficient (Wildman–Crippen LogP) is 9.41. The fraction of sp³-hybridized carbons (Fsp3) is 0.714. The Morgan fingerprint density at radius 2 is 1.26 bits per heavy atom. The molecule has 0 bridgehead atoms. The van der Waals surface area contributed by atoms with E-state index in [1.54, 1.807) is 0 Å². The number of hydrogen-bond acceptors (Lipinski definition) is 6. The van der Waals surface area contributed by atoms with E-state index in [2.05, 4.69) is 4.74 Å². The van der Waals surface area contributed by atoms with E-state index in [0.717, 1.165) is 13.0 Å². The van der Waals surface area contributed by atoms with Crippen molar-refractivity contribution >= 4 is 17.6 Å². The summed E-state index contributed by atoms with van der Waals surface area (Å²) < 4.78 is 212. The molecule has 0 saturated carbocycles. The molecule has 0 aromatic heterocycles. The van der Waals surface area contributed by atoms with E-state index in [1.807, 2.05) is 0 Å². The molecule has 288 valence electrons. The molecule has 0 amide bonds. The molecular formula is C28H30F15NO6. The summed E-state index contributed by atoms with van der Waals surface area (Å²) in [6.45, 7) is 2.59. The number of carbonyl (C=O) groups is 2. The van der Waals surface area contributed by atoms with Crippen molar-refractivity contribution in [1.29, 1.82) is 0 Å². The first-order valence-corrected chi connectivity index (χ1v) is 14.1. The molecule has 0 N–H and O–H groups in total. The molecule has 50 heavy (non-hydrogen) atoms. The van der Waals surface area contributed by atoms with E-state index in [9.17, 15) is 85.6 Å². The standard InChI is InChI=1S/C28H30F15NO6/c1-5-22(4,12-11-21(2,3)19(45)50-14-15-8-6-7-9-16(15)44(47)48)20(46)49-13-10-17(25(35,36)37)23(31,32)26(38,39)28(42,43)27(40,41)24(33,34)18(29)30/h6-9,17-18H,5,10-14H2,1-4H3. The second kappa shape index (κ2) is 15.0. The minimum Gasteiger partial charge on any atom is -0.465 e. The molecule has 0 spiro atoms. The third kappa shape index (κ3) is 8.68. The zero-order valence-corrected chi connectivity index (χ0v) is 26.3. The molecule has 7 nitrogen and oxygen atoms in total. The number of nitrogens with zero attached hydrogens (tertiary/aromatic N) is 1. The quantitative estimate of drug-likeness (QED) is 0.0641. The van der Waals surface area contributed by atoms with Crippen LogP contribution in [0.5, 0.6) is 0 Å². The molecule has 2 atom stereocenters. The van der Waals surface area contributed by atoms with Crippen molar-refractivity contribution in [1.82, 2.24) is 0 Å². The van der Waals surface area contributed by atoms with Gasteiger partial charge in [-0.3, -0.25) is 19.7 Å². The van der Waals surface area contributed by atoms with Crippen LogP contribution in [0.3, 0.4) is 0 Å². The fourth-order valence-corrected chi connectivity index (χ4v) is 4.23. The van der Waals surface area contributed by atoms with E-state index in [-0.39, 0.29) is 30.5 Å². The van der Waals surface area contributed by atoms with Crippen LogP contribution in [0.15, 0.2) is 24.3 Å². The highest BCUT2D eigenvalue weighted by molar-refractivity contribution is 5.78. The van der Waals surface area contributed by atoms with E-state index in [4.69, 9.17) is 4.74 Å². The van der Waals surface area contributed by atoms with Crippen molar-refractivity contribution in [2.45, 2.75) is 102 Å². The van der Waals surface area contributed by atoms with E-state index in [0.29, 0.717) is 0 Å². The number of hydrogen-bond donors (Lipinski definition) is 0. The Bertz CT molecular complexity index is 1370. The maximum absolute atomic E-state index is 14.4. The van der Waals surface area contributed by atoms with Crippen LogP contribution < -0.4 is 0 Å². The first kappa shape index (κ1) is 44.5. The molecule has 1 aromatic carbocycles. The lowest BCUT2D eigenvalue weighted by Gasteiger charge is -2.41. The van der Waals surface area contributed by atoms with Gasteiger partial charge in [-0.15, -0.1) is 0 Å². The van der Waals surface area contributed by atoms with Crippen LogP contribution in [0, 0.1) is 26.9 Å². The summed E-state index contributed by atoms with van der Waals surface area (Å²) in [4.78, 5) is 35.9. The predicted molar refractivity (Wildman–Crippen MR) is 140 cm³/mol. The number of carbonyl (C=O) groups excluding carboxylic acids is 2. The van der Waals surface area contributed by atoms with Crippen molar-refractivity contribution in [3.05, 3.63) is 39.9 Å². The summed E-state index contributed by atoms with van der Waals surface area (Å²) in [6.07, 6.45) is -15.9. The highest BCUT2D eigenvalue weighted by atomic mass is 19.4. The normalized spacial score (nSPS) is 15.8. The second-order valence-corrected chi connectivity index (χ2v) is 12.0. The lowest BCUT2D eigenvalue weighted by atomic mass is 9.76. The highest BCUT2D eigenvalue weighted by Gasteiger charge is 2.89. The summed E-state index contributed by atoms with van der Waals surface area (Å²) in [5, 5.41) is 11.1. The van der Waals surface area contributed by atoms with Gasteiger partial charge in [-0.2, -0.15) is 57.1 Å². The summed E-state index contributed by atoms with van der Waals surface area (Å²) in [5.41, 5.74) is -3.56. The van der Waals surface area contributed by atoms with Crippen molar-refractivity contribution in [3.63, 3.8) is 0 Å². The van der Waals surface area contributed by atoms with Gasteiger partial charge in [-0.25, -0.2) is 8.78 Å². The minimum absolute atomic E-state index is 0.0210. The Morgan fingerprint density at radius 1 is 0.760 bits per heavy atom. The van der Waals surface area contributed by atoms with Crippen molar-refractivity contribution < 1.29 is 89.8 Å². The summed E-state index contributed by atoms with van der Waals surface area (Å²) in [7, 11) is 0. The Balaban J connectivity index is 3.12. The van der Waals surface area contributed by atoms with Gasteiger partial charge in [-0.05, 0) is 52.5 Å². The molecule has 1 aromatic rings. The fourth-order valence-electron chi connectivity index (χ4n) is 4.23. The van der Waals surface area contributed by atoms with Gasteiger partial charge in [0, 0.05) is 6.07 Å². The molecule has 22 heteroatoms. The Kier molecular flexibility index (Phi) is 13.4.